The molecule has 3 heterocycles. The van der Waals surface area contributed by atoms with Crippen molar-refractivity contribution in [2.75, 3.05) is 19.5 Å². The van der Waals surface area contributed by atoms with Gasteiger partial charge in [-0.1, -0.05) is 83.9 Å². The van der Waals surface area contributed by atoms with Crippen molar-refractivity contribution in [2.24, 2.45) is 0 Å². The second kappa shape index (κ2) is 20.9. The molecule has 69 heavy (non-hydrogen) atoms. The fraction of sp³-hybridized carbons (Fsp3) is 0.105. The first-order chi connectivity index (χ1) is 33.6. The SMILES string of the molecule is COC(=O)c1cc(Cl)ccc1Cc1ccc2c(ccn2Cc2cccc(OCc3ccc4ccccc4n3)c2)c1.COC(=O)c1cc(Cl)ccc1Nc1ccc2c(ccn2Cc2cccc(O)c2)c1. The van der Waals surface area contributed by atoms with Crippen molar-refractivity contribution in [3.05, 3.63) is 231 Å². The number of phenols is 1. The maximum Gasteiger partial charge on any atom is 0.340 e. The van der Waals surface area contributed by atoms with E-state index in [4.69, 9.17) is 42.4 Å². The van der Waals surface area contributed by atoms with Crippen molar-refractivity contribution in [1.29, 1.82) is 0 Å². The Balaban J connectivity index is 0.000000181. The third kappa shape index (κ3) is 11.1. The number of anilines is 2. The highest BCUT2D eigenvalue weighted by Gasteiger charge is 2.16. The van der Waals surface area contributed by atoms with Crippen LogP contribution >= 0.6 is 23.2 Å². The summed E-state index contributed by atoms with van der Waals surface area (Å²) in [6.07, 6.45) is 4.72. The van der Waals surface area contributed by atoms with E-state index < -0.39 is 5.97 Å². The molecular weight excluding hydrogens is 908 g/mol. The van der Waals surface area contributed by atoms with Gasteiger partial charge in [-0.15, -0.1) is 0 Å². The van der Waals surface area contributed by atoms with E-state index in [1.807, 2.05) is 85.1 Å². The van der Waals surface area contributed by atoms with Crippen molar-refractivity contribution in [3.63, 3.8) is 0 Å². The molecule has 0 aliphatic carbocycles. The lowest BCUT2D eigenvalue weighted by atomic mass is 9.99. The number of nitrogens with one attached hydrogen (secondary N) is 1. The first kappa shape index (κ1) is 46.1. The van der Waals surface area contributed by atoms with Crippen LogP contribution in [-0.4, -0.2) is 45.4 Å². The van der Waals surface area contributed by atoms with Gasteiger partial charge >= 0.3 is 11.9 Å². The van der Waals surface area contributed by atoms with Gasteiger partial charge in [-0.05, 0) is 143 Å². The number of aromatic hydroxyl groups is 1. The molecular formula is C57H46Cl2N4O6. The van der Waals surface area contributed by atoms with Gasteiger partial charge in [0.1, 0.15) is 18.1 Å². The molecule has 10 aromatic rings. The highest BCUT2D eigenvalue weighted by Crippen LogP contribution is 2.29. The molecule has 3 aromatic heterocycles. The lowest BCUT2D eigenvalue weighted by molar-refractivity contribution is 0.0591. The first-order valence-corrected chi connectivity index (χ1v) is 22.9. The minimum absolute atomic E-state index is 0.259. The Hall–Kier alpha value is -8.05. The van der Waals surface area contributed by atoms with Gasteiger partial charge in [0.2, 0.25) is 0 Å². The maximum atomic E-state index is 12.3. The number of hydrogen-bond acceptors (Lipinski definition) is 8. The number of ether oxygens (including phenoxy) is 3. The summed E-state index contributed by atoms with van der Waals surface area (Å²) in [6.45, 7) is 1.79. The van der Waals surface area contributed by atoms with Crippen LogP contribution in [0.2, 0.25) is 10.0 Å². The molecule has 0 saturated carbocycles. The number of halogens is 2. The number of benzene rings is 7. The molecule has 0 spiro atoms. The standard InChI is InChI=1S/C34H27ClN2O3.C23H19ClN2O3/c1-39-34(38)31-20-28(35)12-10-26(31)17-23-9-14-33-27(18-23)15-16-37(33)21-24-5-4-7-30(19-24)40-22-29-13-11-25-6-2-3-8-32(25)36-29;1-29-23(28)20-13-17(24)5-7-21(20)25-18-6-8-22-16(12-18)9-10-26(22)14-15-3-2-4-19(27)11-15/h2-16,18-20H,17,21-22H2,1H3;2-13,25,27H,14H2,1H3. The van der Waals surface area contributed by atoms with Crippen LogP contribution in [0, 0.1) is 0 Å². The molecule has 344 valence electrons. The zero-order valence-electron chi connectivity index (χ0n) is 37.7. The second-order valence-corrected chi connectivity index (χ2v) is 17.3. The Morgan fingerprint density at radius 3 is 2.01 bits per heavy atom. The van der Waals surface area contributed by atoms with Crippen molar-refractivity contribution in [1.82, 2.24) is 14.1 Å². The number of methoxy groups -OCH3 is 2. The molecule has 0 bridgehead atoms. The minimum atomic E-state index is -0.451. The summed E-state index contributed by atoms with van der Waals surface area (Å²) < 4.78 is 20.2. The summed E-state index contributed by atoms with van der Waals surface area (Å²) in [7, 11) is 2.72. The molecule has 0 fully saturated rings. The summed E-state index contributed by atoms with van der Waals surface area (Å²) in [5.41, 5.74) is 10.6. The molecule has 0 aliphatic heterocycles. The molecule has 0 atom stereocenters. The smallest absolute Gasteiger partial charge is 0.340 e. The Bertz CT molecular complexity index is 3490. The average Bonchev–Trinajstić information content (AvgIpc) is 3.96. The summed E-state index contributed by atoms with van der Waals surface area (Å²) >= 11 is 12.1. The normalized spacial score (nSPS) is 11.0. The Morgan fingerprint density at radius 1 is 0.594 bits per heavy atom. The highest BCUT2D eigenvalue weighted by molar-refractivity contribution is 6.31. The van der Waals surface area contributed by atoms with Crippen LogP contribution in [0.3, 0.4) is 0 Å². The van der Waals surface area contributed by atoms with Gasteiger partial charge < -0.3 is 33.8 Å². The number of rotatable bonds is 13. The van der Waals surface area contributed by atoms with Gasteiger partial charge in [-0.3, -0.25) is 0 Å². The summed E-state index contributed by atoms with van der Waals surface area (Å²) in [5, 5.41) is 17.2. The van der Waals surface area contributed by atoms with E-state index in [0.29, 0.717) is 46.4 Å². The fourth-order valence-corrected chi connectivity index (χ4v) is 8.67. The number of esters is 2. The summed E-state index contributed by atoms with van der Waals surface area (Å²) in [5.74, 6) is 0.239. The molecule has 12 heteroatoms. The van der Waals surface area contributed by atoms with Crippen LogP contribution in [0.1, 0.15) is 48.7 Å². The number of aromatic nitrogens is 3. The van der Waals surface area contributed by atoms with Crippen molar-refractivity contribution in [3.8, 4) is 11.5 Å². The molecule has 2 N–H and O–H groups in total. The van der Waals surface area contributed by atoms with E-state index in [1.54, 1.807) is 42.5 Å². The number of phenolic OH excluding ortho intramolecular Hbond substituents is 1. The Kier molecular flexibility index (Phi) is 13.9. The largest absolute Gasteiger partial charge is 0.508 e. The molecule has 0 saturated heterocycles. The molecule has 0 amide bonds. The predicted octanol–water partition coefficient (Wildman–Crippen LogP) is 13.4. The predicted molar refractivity (Wildman–Crippen MR) is 274 cm³/mol. The van der Waals surface area contributed by atoms with Gasteiger partial charge in [0, 0.05) is 63.0 Å². The Labute approximate surface area is 408 Å². The average molecular weight is 954 g/mol. The number of hydrogen-bond donors (Lipinski definition) is 2. The molecule has 10 nitrogen and oxygen atoms in total. The number of pyridine rings is 1. The third-order valence-corrected chi connectivity index (χ3v) is 12.2. The van der Waals surface area contributed by atoms with E-state index in [0.717, 1.165) is 78.6 Å². The fourth-order valence-electron chi connectivity index (χ4n) is 8.32. The molecule has 0 radical (unpaired) electrons. The van der Waals surface area contributed by atoms with Gasteiger partial charge in [0.05, 0.1) is 42.2 Å². The van der Waals surface area contributed by atoms with E-state index in [9.17, 15) is 14.7 Å². The number of carbonyl (C=O) groups is 2. The lowest BCUT2D eigenvalue weighted by Gasteiger charge is -2.12. The van der Waals surface area contributed by atoms with E-state index in [-0.39, 0.29) is 11.7 Å². The van der Waals surface area contributed by atoms with Gasteiger partial charge in [0.25, 0.3) is 0 Å². The minimum Gasteiger partial charge on any atom is -0.508 e. The second-order valence-electron chi connectivity index (χ2n) is 16.4. The number of para-hydroxylation sites is 1. The zero-order chi connectivity index (χ0) is 47.9. The van der Waals surface area contributed by atoms with Crippen LogP contribution in [0.4, 0.5) is 11.4 Å². The monoisotopic (exact) mass is 952 g/mol. The van der Waals surface area contributed by atoms with Crippen LogP contribution in [0.25, 0.3) is 32.7 Å². The van der Waals surface area contributed by atoms with Crippen LogP contribution in [0.15, 0.2) is 182 Å². The quantitative estimate of drug-likeness (QED) is 0.110. The van der Waals surface area contributed by atoms with Crippen molar-refractivity contribution < 1.29 is 28.9 Å². The molecule has 10 rings (SSSR count). The summed E-state index contributed by atoms with van der Waals surface area (Å²) in [4.78, 5) is 29.0. The van der Waals surface area contributed by atoms with Gasteiger partial charge in [-0.25, -0.2) is 14.6 Å². The number of nitrogens with zero attached hydrogens (tertiary/aromatic N) is 3. The topological polar surface area (TPSA) is 117 Å². The number of carbonyl (C=O) groups excluding carboxylic acids is 2. The van der Waals surface area contributed by atoms with E-state index >= 15 is 0 Å². The Morgan fingerprint density at radius 2 is 1.26 bits per heavy atom. The molecule has 0 aliphatic rings. The highest BCUT2D eigenvalue weighted by atomic mass is 35.5. The van der Waals surface area contributed by atoms with Crippen molar-refractivity contribution in [2.45, 2.75) is 26.1 Å². The van der Waals surface area contributed by atoms with Crippen LogP contribution < -0.4 is 10.1 Å². The van der Waals surface area contributed by atoms with Gasteiger partial charge in [0.15, 0.2) is 0 Å². The lowest BCUT2D eigenvalue weighted by Crippen LogP contribution is -2.06. The molecule has 0 unspecified atom stereocenters. The van der Waals surface area contributed by atoms with Crippen LogP contribution in [-0.2, 0) is 35.6 Å². The summed E-state index contributed by atoms with van der Waals surface area (Å²) in [6, 6.07) is 54.5. The third-order valence-electron chi connectivity index (χ3n) is 11.7. The van der Waals surface area contributed by atoms with Gasteiger partial charge in [-0.2, -0.15) is 0 Å². The maximum absolute atomic E-state index is 12.3. The van der Waals surface area contributed by atoms with E-state index in [2.05, 4.69) is 69.2 Å². The first-order valence-electron chi connectivity index (χ1n) is 22.1. The number of fused-ring (bicyclic) bond motifs is 3. The van der Waals surface area contributed by atoms with Crippen molar-refractivity contribution >= 4 is 79.2 Å². The zero-order valence-corrected chi connectivity index (χ0v) is 39.2. The molecule has 7 aromatic carbocycles. The van der Waals surface area contributed by atoms with E-state index in [1.165, 1.54) is 14.2 Å². The van der Waals surface area contributed by atoms with Crippen LogP contribution in [0.5, 0.6) is 11.5 Å².